The van der Waals surface area contributed by atoms with Crippen LogP contribution in [0.5, 0.6) is 11.5 Å². The Bertz CT molecular complexity index is 910. The average molecular weight is 944 g/mol. The van der Waals surface area contributed by atoms with Gasteiger partial charge in [-0.05, 0) is 151 Å². The van der Waals surface area contributed by atoms with Gasteiger partial charge in [-0.15, -0.1) is 0 Å². The van der Waals surface area contributed by atoms with Crippen molar-refractivity contribution >= 4 is 127 Å². The van der Waals surface area contributed by atoms with Crippen molar-refractivity contribution in [1.82, 2.24) is 0 Å². The second kappa shape index (κ2) is 11.3. The van der Waals surface area contributed by atoms with Crippen LogP contribution in [0.4, 0.5) is 0 Å². The molecule has 0 aliphatic heterocycles. The summed E-state index contributed by atoms with van der Waals surface area (Å²) in [4.78, 5) is 0. The molecule has 10 heteroatoms. The number of benzene rings is 2. The third-order valence-electron chi connectivity index (χ3n) is 4.77. The van der Waals surface area contributed by atoms with Crippen molar-refractivity contribution in [3.8, 4) is 11.5 Å². The Labute approximate surface area is 251 Å². The molecule has 0 heterocycles. The summed E-state index contributed by atoms with van der Waals surface area (Å²) in [6.45, 7) is 8.43. The number of halogens is 8. The molecule has 2 nitrogen and oxygen atoms in total. The zero-order chi connectivity index (χ0) is 23.8. The molecule has 0 spiro atoms. The molecule has 0 bridgehead atoms. The lowest BCUT2D eigenvalue weighted by molar-refractivity contribution is 0.262. The molecule has 0 saturated carbocycles. The summed E-state index contributed by atoms with van der Waals surface area (Å²) in [7, 11) is 0. The van der Waals surface area contributed by atoms with Crippen molar-refractivity contribution < 1.29 is 9.47 Å². The van der Waals surface area contributed by atoms with Gasteiger partial charge >= 0.3 is 0 Å². The van der Waals surface area contributed by atoms with Gasteiger partial charge in [0.25, 0.3) is 0 Å². The normalized spacial score (nSPS) is 12.8. The highest BCUT2D eigenvalue weighted by Gasteiger charge is 2.34. The summed E-state index contributed by atoms with van der Waals surface area (Å²) in [5, 5.41) is 0. The van der Waals surface area contributed by atoms with E-state index in [1.54, 1.807) is 0 Å². The third kappa shape index (κ3) is 6.98. The van der Waals surface area contributed by atoms with Crippen molar-refractivity contribution in [3.05, 3.63) is 53.3 Å². The number of alkyl halides is 4. The molecule has 0 unspecified atom stereocenters. The first-order chi connectivity index (χ1) is 14.2. The Morgan fingerprint density at radius 2 is 1.10 bits per heavy atom. The van der Waals surface area contributed by atoms with E-state index in [2.05, 4.69) is 153 Å². The molecule has 0 amide bonds. The van der Waals surface area contributed by atoms with E-state index in [0.717, 1.165) is 47.6 Å². The van der Waals surface area contributed by atoms with Crippen LogP contribution in [0.3, 0.4) is 0 Å². The summed E-state index contributed by atoms with van der Waals surface area (Å²) in [5.41, 5.74) is 1.90. The van der Waals surface area contributed by atoms with Crippen LogP contribution >= 0.6 is 127 Å². The van der Waals surface area contributed by atoms with Crippen molar-refractivity contribution in [1.29, 1.82) is 0 Å². The van der Waals surface area contributed by atoms with Gasteiger partial charge in [0.2, 0.25) is 6.84 Å². The van der Waals surface area contributed by atoms with Crippen molar-refractivity contribution in [3.63, 3.8) is 0 Å². The molecule has 2 aromatic rings. The molecular formula is C21H20Br8O2. The molecule has 172 valence electrons. The van der Waals surface area contributed by atoms with E-state index in [1.165, 1.54) is 0 Å². The smallest absolute Gasteiger partial charge is 0.217 e. The summed E-state index contributed by atoms with van der Waals surface area (Å²) >= 11 is 29.2. The third-order valence-corrected chi connectivity index (χ3v) is 11.8. The van der Waals surface area contributed by atoms with E-state index in [-0.39, 0.29) is 5.41 Å². The second-order valence-corrected chi connectivity index (χ2v) is 17.7. The van der Waals surface area contributed by atoms with Crippen molar-refractivity contribution in [2.75, 3.05) is 0 Å². The Morgan fingerprint density at radius 1 is 0.677 bits per heavy atom. The molecule has 0 atom stereocenters. The van der Waals surface area contributed by atoms with E-state index in [4.69, 9.17) is 9.47 Å². The van der Waals surface area contributed by atoms with Gasteiger partial charge in [-0.1, -0.05) is 39.8 Å². The largest absolute Gasteiger partial charge is 0.466 e. The molecule has 0 N–H and O–H groups in total. The Morgan fingerprint density at radius 3 is 1.52 bits per heavy atom. The van der Waals surface area contributed by atoms with Gasteiger partial charge in [0.05, 0.1) is 8.95 Å². The summed E-state index contributed by atoms with van der Waals surface area (Å²) in [6.07, 6.45) is 1.50. The molecule has 2 aromatic carbocycles. The van der Waals surface area contributed by atoms with E-state index >= 15 is 0 Å². The van der Waals surface area contributed by atoms with Crippen LogP contribution in [0.15, 0.2) is 42.2 Å². The van der Waals surface area contributed by atoms with Crippen LogP contribution in [0.1, 0.15) is 51.7 Å². The zero-order valence-corrected chi connectivity index (χ0v) is 29.8. The van der Waals surface area contributed by atoms with Crippen LogP contribution in [0, 0.1) is 0 Å². The highest BCUT2D eigenvalue weighted by molar-refractivity contribution is 9.25. The Kier molecular flexibility index (Phi) is 10.6. The SMILES string of the molecule is CCC(Br)(Br)Oc1ccc(C(C)(C)c2c(Br)c(Br)c(OC(Br)(Br)CC)c(Br)c2Br)cc1. The van der Waals surface area contributed by atoms with Crippen LogP contribution in [-0.4, -0.2) is 6.84 Å². The summed E-state index contributed by atoms with van der Waals surface area (Å²) in [5.74, 6) is 1.47. The van der Waals surface area contributed by atoms with E-state index in [9.17, 15) is 0 Å². The van der Waals surface area contributed by atoms with Crippen LogP contribution in [0.2, 0.25) is 0 Å². The van der Waals surface area contributed by atoms with Crippen LogP contribution < -0.4 is 9.47 Å². The molecule has 2 rings (SSSR count). The van der Waals surface area contributed by atoms with Crippen LogP contribution in [-0.2, 0) is 5.41 Å². The van der Waals surface area contributed by atoms with Gasteiger partial charge in [-0.2, -0.15) is 0 Å². The maximum atomic E-state index is 6.17. The Hall–Kier alpha value is 1.88. The first-order valence-corrected chi connectivity index (χ1v) is 15.6. The fraction of sp³-hybridized carbons (Fsp3) is 0.429. The highest BCUT2D eigenvalue weighted by atomic mass is 79.9. The fourth-order valence-corrected chi connectivity index (χ4v) is 6.73. The lowest BCUT2D eigenvalue weighted by Gasteiger charge is -2.32. The Balaban J connectivity index is 2.52. The van der Waals surface area contributed by atoms with Gasteiger partial charge in [0, 0.05) is 27.2 Å². The van der Waals surface area contributed by atoms with Crippen molar-refractivity contribution in [2.24, 2.45) is 0 Å². The molecule has 31 heavy (non-hydrogen) atoms. The first kappa shape index (κ1) is 29.1. The second-order valence-electron chi connectivity index (χ2n) is 7.30. The summed E-state index contributed by atoms with van der Waals surface area (Å²) < 4.78 is 14.4. The first-order valence-electron chi connectivity index (χ1n) is 9.27. The minimum absolute atomic E-state index is 0.324. The van der Waals surface area contributed by atoms with Gasteiger partial charge in [0.15, 0.2) is 5.75 Å². The molecule has 0 aliphatic carbocycles. The monoisotopic (exact) mass is 935 g/mol. The average Bonchev–Trinajstić information content (AvgIpc) is 2.70. The predicted molar refractivity (Wildman–Crippen MR) is 159 cm³/mol. The summed E-state index contributed by atoms with van der Waals surface area (Å²) in [6, 6.07) is 8.15. The van der Waals surface area contributed by atoms with Crippen LogP contribution in [0.25, 0.3) is 0 Å². The maximum Gasteiger partial charge on any atom is 0.217 e. The standard InChI is InChI=1S/C21H20Br8O2/c1-5-20(26,27)30-12-9-7-11(8-10-12)19(3,4)13-14(22)16(24)18(17(25)15(13)23)31-21(28,29)6-2/h7-10H,5-6H2,1-4H3. The molecular weight excluding hydrogens is 923 g/mol. The minimum Gasteiger partial charge on any atom is -0.466 e. The highest BCUT2D eigenvalue weighted by Crippen LogP contribution is 2.53. The molecule has 0 aliphatic rings. The van der Waals surface area contributed by atoms with E-state index in [1.807, 2.05) is 26.0 Å². The van der Waals surface area contributed by atoms with E-state index in [0.29, 0.717) is 5.75 Å². The maximum absolute atomic E-state index is 6.17. The predicted octanol–water partition coefficient (Wildman–Crippen LogP) is 11.5. The van der Waals surface area contributed by atoms with E-state index < -0.39 is 6.84 Å². The van der Waals surface area contributed by atoms with Gasteiger partial charge in [-0.25, -0.2) is 0 Å². The van der Waals surface area contributed by atoms with Gasteiger partial charge < -0.3 is 9.47 Å². The number of hydrogen-bond acceptors (Lipinski definition) is 2. The zero-order valence-electron chi connectivity index (χ0n) is 17.1. The molecule has 0 saturated heterocycles. The molecule has 0 fully saturated rings. The van der Waals surface area contributed by atoms with Gasteiger partial charge in [0.1, 0.15) is 5.75 Å². The number of hydrogen-bond donors (Lipinski definition) is 0. The lowest BCUT2D eigenvalue weighted by atomic mass is 9.78. The van der Waals surface area contributed by atoms with Crippen molar-refractivity contribution in [2.45, 2.75) is 52.8 Å². The van der Waals surface area contributed by atoms with Gasteiger partial charge in [-0.3, -0.25) is 0 Å². The molecule has 0 aromatic heterocycles. The quantitative estimate of drug-likeness (QED) is 0.194. The fourth-order valence-electron chi connectivity index (χ4n) is 2.80. The number of ether oxygens (including phenoxy) is 2. The lowest BCUT2D eigenvalue weighted by Crippen LogP contribution is -2.23. The molecule has 0 radical (unpaired) electrons. The number of rotatable bonds is 8. The minimum atomic E-state index is -0.657. The topological polar surface area (TPSA) is 18.5 Å².